The number of aromatic nitrogens is 1. The van der Waals surface area contributed by atoms with Crippen molar-refractivity contribution < 1.29 is 4.79 Å². The van der Waals surface area contributed by atoms with Crippen LogP contribution in [0.15, 0.2) is 18.3 Å². The highest BCUT2D eigenvalue weighted by Gasteiger charge is 2.33. The highest BCUT2D eigenvalue weighted by atomic mass is 35.5. The lowest BCUT2D eigenvalue weighted by Crippen LogP contribution is -2.46. The maximum absolute atomic E-state index is 12.6. The van der Waals surface area contributed by atoms with Crippen LogP contribution in [-0.4, -0.2) is 55.6 Å². The van der Waals surface area contributed by atoms with Crippen LogP contribution in [0, 0.1) is 5.41 Å². The van der Waals surface area contributed by atoms with Crippen LogP contribution in [0.25, 0.3) is 0 Å². The molecule has 1 aromatic heterocycles. The van der Waals surface area contributed by atoms with E-state index in [4.69, 9.17) is 5.73 Å². The maximum Gasteiger partial charge on any atom is 0.227 e. The molecule has 6 nitrogen and oxygen atoms in total. The fourth-order valence-corrected chi connectivity index (χ4v) is 3.19. The van der Waals surface area contributed by atoms with Gasteiger partial charge in [0.05, 0.1) is 5.41 Å². The van der Waals surface area contributed by atoms with Gasteiger partial charge in [-0.15, -0.1) is 37.2 Å². The van der Waals surface area contributed by atoms with Gasteiger partial charge < -0.3 is 20.9 Å². The van der Waals surface area contributed by atoms with E-state index in [9.17, 15) is 4.79 Å². The lowest BCUT2D eigenvalue weighted by atomic mass is 9.81. The van der Waals surface area contributed by atoms with Crippen molar-refractivity contribution in [1.82, 2.24) is 15.2 Å². The Bertz CT molecular complexity index is 541. The van der Waals surface area contributed by atoms with Gasteiger partial charge in [-0.25, -0.2) is 4.98 Å². The van der Waals surface area contributed by atoms with Crippen LogP contribution in [0.2, 0.25) is 0 Å². The van der Waals surface area contributed by atoms with Gasteiger partial charge in [-0.2, -0.15) is 0 Å². The minimum Gasteiger partial charge on any atom is -0.354 e. The van der Waals surface area contributed by atoms with Crippen molar-refractivity contribution in [2.45, 2.75) is 33.2 Å². The highest BCUT2D eigenvalue weighted by Crippen LogP contribution is 2.25. The van der Waals surface area contributed by atoms with Gasteiger partial charge in [-0.1, -0.05) is 19.9 Å². The van der Waals surface area contributed by atoms with Gasteiger partial charge in [0.1, 0.15) is 5.82 Å². The van der Waals surface area contributed by atoms with Crippen LogP contribution in [0.3, 0.4) is 0 Å². The van der Waals surface area contributed by atoms with E-state index >= 15 is 0 Å². The molecule has 0 unspecified atom stereocenters. The number of hydrogen-bond acceptors (Lipinski definition) is 5. The van der Waals surface area contributed by atoms with Crippen molar-refractivity contribution >= 4 is 48.9 Å². The van der Waals surface area contributed by atoms with E-state index in [-0.39, 0.29) is 43.1 Å². The molecule has 1 amide bonds. The Morgan fingerprint density at radius 3 is 2.30 bits per heavy atom. The normalized spacial score (nSPS) is 14.4. The number of likely N-dealkylation sites (N-methyl/N-ethyl adjacent to an activating group) is 1. The molecule has 0 aromatic carbocycles. The van der Waals surface area contributed by atoms with Crippen LogP contribution < -0.4 is 16.0 Å². The first-order valence-electron chi connectivity index (χ1n) is 8.92. The summed E-state index contributed by atoms with van der Waals surface area (Å²) in [7, 11) is 2.14. The summed E-state index contributed by atoms with van der Waals surface area (Å²) < 4.78 is 0. The Balaban J connectivity index is 0. The summed E-state index contributed by atoms with van der Waals surface area (Å²) in [5, 5.41) is 3.08. The summed E-state index contributed by atoms with van der Waals surface area (Å²) in [4.78, 5) is 21.8. The molecule has 3 N–H and O–H groups in total. The molecule has 0 spiro atoms. The summed E-state index contributed by atoms with van der Waals surface area (Å²) >= 11 is 0. The number of nitrogens with zero attached hydrogens (tertiary/aromatic N) is 3. The summed E-state index contributed by atoms with van der Waals surface area (Å²) in [6.07, 6.45) is 3.33. The van der Waals surface area contributed by atoms with Gasteiger partial charge in [0.25, 0.3) is 0 Å². The highest BCUT2D eigenvalue weighted by molar-refractivity contribution is 5.86. The van der Waals surface area contributed by atoms with Crippen molar-refractivity contribution in [2.75, 3.05) is 44.7 Å². The number of piperazine rings is 1. The van der Waals surface area contributed by atoms with E-state index in [1.54, 1.807) is 0 Å². The third-order valence-corrected chi connectivity index (χ3v) is 5.34. The number of rotatable bonds is 7. The fraction of sp³-hybridized carbons (Fsp3) is 0.667. The molecule has 2 heterocycles. The van der Waals surface area contributed by atoms with E-state index in [0.717, 1.165) is 50.4 Å². The van der Waals surface area contributed by atoms with E-state index in [1.807, 2.05) is 32.2 Å². The number of hydrogen-bond donors (Lipinski definition) is 2. The molecular weight excluding hydrogens is 409 g/mol. The van der Waals surface area contributed by atoms with E-state index in [1.165, 1.54) is 0 Å². The first kappa shape index (κ1) is 28.4. The smallest absolute Gasteiger partial charge is 0.227 e. The van der Waals surface area contributed by atoms with Crippen LogP contribution in [0.1, 0.15) is 32.3 Å². The number of pyridine rings is 1. The quantitative estimate of drug-likeness (QED) is 0.678. The standard InChI is InChI=1S/C18H31N5O.3ClH/c1-4-18(5-2,14-19)17(24)21-13-15-7-6-8-20-16(15)23-11-9-22(3)10-12-23;;;/h6-8H,4-5,9-14,19H2,1-3H3,(H,21,24);3*1H. The number of nitrogens with two attached hydrogens (primary N) is 1. The number of halogens is 3. The fourth-order valence-electron chi connectivity index (χ4n) is 3.19. The summed E-state index contributed by atoms with van der Waals surface area (Å²) in [6, 6.07) is 3.97. The molecule has 1 saturated heterocycles. The first-order chi connectivity index (χ1) is 11.6. The first-order valence-corrected chi connectivity index (χ1v) is 8.92. The van der Waals surface area contributed by atoms with Gasteiger partial charge in [0.2, 0.25) is 5.91 Å². The van der Waals surface area contributed by atoms with Crippen LogP contribution >= 0.6 is 37.2 Å². The molecule has 0 atom stereocenters. The Hall–Kier alpha value is -0.790. The number of carbonyl (C=O) groups excluding carboxylic acids is 1. The van der Waals surface area contributed by atoms with Gasteiger partial charge in [0.15, 0.2) is 0 Å². The molecule has 1 aromatic rings. The lowest BCUT2D eigenvalue weighted by molar-refractivity contribution is -0.131. The van der Waals surface area contributed by atoms with Crippen molar-refractivity contribution in [1.29, 1.82) is 0 Å². The second-order valence-electron chi connectivity index (χ2n) is 6.65. The number of carbonyl (C=O) groups is 1. The van der Waals surface area contributed by atoms with E-state index in [2.05, 4.69) is 27.1 Å². The molecular formula is C18H34Cl3N5O. The van der Waals surface area contributed by atoms with Gasteiger partial charge >= 0.3 is 0 Å². The van der Waals surface area contributed by atoms with Gasteiger partial charge in [0, 0.05) is 51.0 Å². The maximum atomic E-state index is 12.6. The van der Waals surface area contributed by atoms with Gasteiger partial charge in [-0.05, 0) is 26.0 Å². The zero-order valence-electron chi connectivity index (χ0n) is 16.4. The molecule has 27 heavy (non-hydrogen) atoms. The molecule has 158 valence electrons. The second kappa shape index (κ2) is 13.4. The van der Waals surface area contributed by atoms with Crippen molar-refractivity contribution in [3.8, 4) is 0 Å². The van der Waals surface area contributed by atoms with E-state index in [0.29, 0.717) is 13.1 Å². The monoisotopic (exact) mass is 441 g/mol. The molecule has 1 fully saturated rings. The largest absolute Gasteiger partial charge is 0.354 e. The zero-order valence-corrected chi connectivity index (χ0v) is 18.9. The second-order valence-corrected chi connectivity index (χ2v) is 6.65. The average Bonchev–Trinajstić information content (AvgIpc) is 2.63. The van der Waals surface area contributed by atoms with Crippen LogP contribution in [0.4, 0.5) is 5.82 Å². The molecule has 0 bridgehead atoms. The van der Waals surface area contributed by atoms with Gasteiger partial charge in [-0.3, -0.25) is 4.79 Å². The minimum absolute atomic E-state index is 0. The number of anilines is 1. The Kier molecular flexibility index (Phi) is 14.1. The Morgan fingerprint density at radius 1 is 1.19 bits per heavy atom. The molecule has 2 rings (SSSR count). The summed E-state index contributed by atoms with van der Waals surface area (Å²) in [5.74, 6) is 1.03. The number of nitrogens with one attached hydrogen (secondary N) is 1. The predicted molar refractivity (Wildman–Crippen MR) is 120 cm³/mol. The van der Waals surface area contributed by atoms with Crippen molar-refractivity contribution in [3.05, 3.63) is 23.9 Å². The number of amides is 1. The van der Waals surface area contributed by atoms with Crippen molar-refractivity contribution in [2.24, 2.45) is 11.1 Å². The zero-order chi connectivity index (χ0) is 17.6. The summed E-state index contributed by atoms with van der Waals surface area (Å²) in [6.45, 7) is 8.91. The lowest BCUT2D eigenvalue weighted by Gasteiger charge is -2.34. The van der Waals surface area contributed by atoms with Crippen molar-refractivity contribution in [3.63, 3.8) is 0 Å². The SMILES string of the molecule is CCC(CC)(CN)C(=O)NCc1cccnc1N1CCN(C)CC1.Cl.Cl.Cl. The topological polar surface area (TPSA) is 74.5 Å². The molecule has 0 radical (unpaired) electrons. The Labute approximate surface area is 181 Å². The van der Waals surface area contributed by atoms with E-state index < -0.39 is 5.41 Å². The molecule has 1 aliphatic heterocycles. The Morgan fingerprint density at radius 2 is 1.78 bits per heavy atom. The third-order valence-electron chi connectivity index (χ3n) is 5.34. The van der Waals surface area contributed by atoms with Crippen LogP contribution in [-0.2, 0) is 11.3 Å². The molecule has 0 saturated carbocycles. The average molecular weight is 443 g/mol. The molecule has 9 heteroatoms. The molecule has 1 aliphatic rings. The third kappa shape index (κ3) is 6.95. The minimum atomic E-state index is -0.462. The molecule has 0 aliphatic carbocycles. The van der Waals surface area contributed by atoms with Crippen LogP contribution in [0.5, 0.6) is 0 Å². The summed E-state index contributed by atoms with van der Waals surface area (Å²) in [5.41, 5.74) is 6.47. The predicted octanol–water partition coefficient (Wildman–Crippen LogP) is 2.48.